The van der Waals surface area contributed by atoms with Crippen molar-refractivity contribution < 1.29 is 9.53 Å². The average Bonchev–Trinajstić information content (AvgIpc) is 3.18. The van der Waals surface area contributed by atoms with Gasteiger partial charge in [-0.15, -0.1) is 0 Å². The minimum atomic E-state index is -0.139. The Morgan fingerprint density at radius 3 is 2.81 bits per heavy atom. The van der Waals surface area contributed by atoms with Gasteiger partial charge in [-0.3, -0.25) is 4.79 Å². The lowest BCUT2D eigenvalue weighted by Gasteiger charge is -2.15. The molecule has 116 valence electrons. The summed E-state index contributed by atoms with van der Waals surface area (Å²) in [5, 5.41) is 3.77. The van der Waals surface area contributed by atoms with Gasteiger partial charge >= 0.3 is 0 Å². The van der Waals surface area contributed by atoms with Gasteiger partial charge in [0, 0.05) is 17.6 Å². The summed E-state index contributed by atoms with van der Waals surface area (Å²) in [7, 11) is 0. The number of carbonyl (C=O) groups is 1. The maximum atomic E-state index is 11.7. The molecule has 1 amide bonds. The van der Waals surface area contributed by atoms with Gasteiger partial charge in [-0.05, 0) is 49.8 Å². The van der Waals surface area contributed by atoms with Crippen LogP contribution in [0.5, 0.6) is 5.75 Å². The molecule has 1 aliphatic rings. The number of ether oxygens (including phenoxy) is 1. The van der Waals surface area contributed by atoms with E-state index in [1.54, 1.807) is 12.1 Å². The molecule has 4 nitrogen and oxygen atoms in total. The lowest BCUT2D eigenvalue weighted by Crippen LogP contribution is -2.30. The van der Waals surface area contributed by atoms with Crippen molar-refractivity contribution >= 4 is 29.1 Å². The summed E-state index contributed by atoms with van der Waals surface area (Å²) in [5.41, 5.74) is 6.63. The molecular formula is C15H20Cl2N2O2. The molecule has 1 atom stereocenters. The number of hydrogen-bond acceptors (Lipinski definition) is 3. The van der Waals surface area contributed by atoms with E-state index in [1.807, 2.05) is 6.92 Å². The molecule has 0 radical (unpaired) electrons. The van der Waals surface area contributed by atoms with Crippen LogP contribution in [0.2, 0.25) is 10.0 Å². The summed E-state index contributed by atoms with van der Waals surface area (Å²) in [5.74, 6) is 0.987. The van der Waals surface area contributed by atoms with Crippen molar-refractivity contribution in [3.05, 3.63) is 27.7 Å². The van der Waals surface area contributed by atoms with Gasteiger partial charge in [0.05, 0.1) is 5.02 Å². The first-order valence-electron chi connectivity index (χ1n) is 7.08. The van der Waals surface area contributed by atoms with Crippen molar-refractivity contribution in [2.24, 2.45) is 11.7 Å². The Labute approximate surface area is 134 Å². The molecular weight excluding hydrogens is 311 g/mol. The largest absolute Gasteiger partial charge is 0.482 e. The van der Waals surface area contributed by atoms with E-state index in [0.29, 0.717) is 28.1 Å². The molecule has 6 heteroatoms. The van der Waals surface area contributed by atoms with E-state index in [4.69, 9.17) is 33.7 Å². The SMILES string of the molecule is CC(N)Cc1cc(Cl)cc(Cl)c1OCC(=O)NCC1CC1. The van der Waals surface area contributed by atoms with Crippen LogP contribution in [0.3, 0.4) is 0 Å². The van der Waals surface area contributed by atoms with Gasteiger partial charge in [-0.25, -0.2) is 0 Å². The summed E-state index contributed by atoms with van der Waals surface area (Å²) in [6.45, 7) is 2.56. The number of halogens is 2. The molecule has 1 aliphatic carbocycles. The van der Waals surface area contributed by atoms with Crippen LogP contribution < -0.4 is 15.8 Å². The van der Waals surface area contributed by atoms with Crippen LogP contribution in [0.15, 0.2) is 12.1 Å². The number of amides is 1. The number of nitrogens with one attached hydrogen (secondary N) is 1. The third-order valence-electron chi connectivity index (χ3n) is 3.26. The molecule has 21 heavy (non-hydrogen) atoms. The Hall–Kier alpha value is -0.970. The second-order valence-electron chi connectivity index (χ2n) is 5.59. The van der Waals surface area contributed by atoms with Gasteiger partial charge in [-0.2, -0.15) is 0 Å². The van der Waals surface area contributed by atoms with Gasteiger partial charge < -0.3 is 15.8 Å². The minimum absolute atomic E-state index is 0.0504. The summed E-state index contributed by atoms with van der Waals surface area (Å²) in [6.07, 6.45) is 2.98. The molecule has 2 rings (SSSR count). The van der Waals surface area contributed by atoms with Crippen LogP contribution in [-0.2, 0) is 11.2 Å². The summed E-state index contributed by atoms with van der Waals surface area (Å²) < 4.78 is 5.58. The minimum Gasteiger partial charge on any atom is -0.482 e. The third-order valence-corrected chi connectivity index (χ3v) is 3.76. The number of benzene rings is 1. The molecule has 0 bridgehead atoms. The van der Waals surface area contributed by atoms with E-state index in [9.17, 15) is 4.79 Å². The zero-order valence-electron chi connectivity index (χ0n) is 12.0. The van der Waals surface area contributed by atoms with E-state index in [-0.39, 0.29) is 18.6 Å². The Bertz CT molecular complexity index is 517. The van der Waals surface area contributed by atoms with Crippen LogP contribution in [-0.4, -0.2) is 25.1 Å². The van der Waals surface area contributed by atoms with Gasteiger partial charge in [0.2, 0.25) is 0 Å². The molecule has 3 N–H and O–H groups in total. The second-order valence-corrected chi connectivity index (χ2v) is 6.44. The lowest BCUT2D eigenvalue weighted by atomic mass is 10.1. The van der Waals surface area contributed by atoms with E-state index in [1.165, 1.54) is 12.8 Å². The van der Waals surface area contributed by atoms with E-state index in [0.717, 1.165) is 12.1 Å². The predicted octanol–water partition coefficient (Wildman–Crippen LogP) is 2.79. The van der Waals surface area contributed by atoms with Crippen LogP contribution in [0, 0.1) is 5.92 Å². The lowest BCUT2D eigenvalue weighted by molar-refractivity contribution is -0.123. The van der Waals surface area contributed by atoms with Gasteiger partial charge in [-0.1, -0.05) is 23.2 Å². The molecule has 0 spiro atoms. The maximum absolute atomic E-state index is 11.7. The zero-order chi connectivity index (χ0) is 15.4. The number of hydrogen-bond donors (Lipinski definition) is 2. The molecule has 0 aromatic heterocycles. The fourth-order valence-corrected chi connectivity index (χ4v) is 2.63. The standard InChI is InChI=1S/C15H20Cl2N2O2/c1-9(18)4-11-5-12(16)6-13(17)15(11)21-8-14(20)19-7-10-2-3-10/h5-6,9-10H,2-4,7-8,18H2,1H3,(H,19,20). The Morgan fingerprint density at radius 1 is 1.48 bits per heavy atom. The first-order valence-corrected chi connectivity index (χ1v) is 7.84. The molecule has 1 fully saturated rings. The van der Waals surface area contributed by atoms with Gasteiger partial charge in [0.15, 0.2) is 6.61 Å². The Balaban J connectivity index is 1.98. The molecule has 1 aromatic rings. The topological polar surface area (TPSA) is 64.3 Å². The molecule has 1 aromatic carbocycles. The van der Waals surface area contributed by atoms with Crippen molar-refractivity contribution in [3.8, 4) is 5.75 Å². The Morgan fingerprint density at radius 2 is 2.19 bits per heavy atom. The van der Waals surface area contributed by atoms with Crippen LogP contribution in [0.1, 0.15) is 25.3 Å². The summed E-state index contributed by atoms with van der Waals surface area (Å²) in [4.78, 5) is 11.7. The van der Waals surface area contributed by atoms with Crippen molar-refractivity contribution in [2.45, 2.75) is 32.2 Å². The Kier molecular flexibility index (Phi) is 5.73. The van der Waals surface area contributed by atoms with Crippen molar-refractivity contribution in [2.75, 3.05) is 13.2 Å². The monoisotopic (exact) mass is 330 g/mol. The highest BCUT2D eigenvalue weighted by Crippen LogP contribution is 2.33. The maximum Gasteiger partial charge on any atom is 0.257 e. The van der Waals surface area contributed by atoms with Crippen molar-refractivity contribution in [1.82, 2.24) is 5.32 Å². The van der Waals surface area contributed by atoms with Gasteiger partial charge in [0.25, 0.3) is 5.91 Å². The quantitative estimate of drug-likeness (QED) is 0.807. The normalized spacial score (nSPS) is 15.6. The average molecular weight is 331 g/mol. The molecule has 0 aliphatic heterocycles. The first-order chi connectivity index (χ1) is 9.95. The van der Waals surface area contributed by atoms with Crippen LogP contribution >= 0.6 is 23.2 Å². The van der Waals surface area contributed by atoms with Crippen LogP contribution in [0.4, 0.5) is 0 Å². The predicted molar refractivity (Wildman–Crippen MR) is 85.0 cm³/mol. The number of rotatable bonds is 7. The molecule has 1 saturated carbocycles. The second kappa shape index (κ2) is 7.34. The molecule has 0 saturated heterocycles. The van der Waals surface area contributed by atoms with Crippen molar-refractivity contribution in [1.29, 1.82) is 0 Å². The third kappa shape index (κ3) is 5.38. The highest BCUT2D eigenvalue weighted by molar-refractivity contribution is 6.35. The zero-order valence-corrected chi connectivity index (χ0v) is 13.5. The highest BCUT2D eigenvalue weighted by Gasteiger charge is 2.22. The molecule has 1 unspecified atom stereocenters. The first kappa shape index (κ1) is 16.4. The summed E-state index contributed by atoms with van der Waals surface area (Å²) >= 11 is 12.2. The smallest absolute Gasteiger partial charge is 0.257 e. The number of carbonyl (C=O) groups excluding carboxylic acids is 1. The fraction of sp³-hybridized carbons (Fsp3) is 0.533. The number of nitrogens with two attached hydrogens (primary N) is 1. The highest BCUT2D eigenvalue weighted by atomic mass is 35.5. The van der Waals surface area contributed by atoms with Crippen LogP contribution in [0.25, 0.3) is 0 Å². The summed E-state index contributed by atoms with van der Waals surface area (Å²) in [6, 6.07) is 3.32. The van der Waals surface area contributed by atoms with E-state index >= 15 is 0 Å². The van der Waals surface area contributed by atoms with Crippen molar-refractivity contribution in [3.63, 3.8) is 0 Å². The fourth-order valence-electron chi connectivity index (χ4n) is 2.04. The van der Waals surface area contributed by atoms with E-state index < -0.39 is 0 Å². The van der Waals surface area contributed by atoms with Gasteiger partial charge in [0.1, 0.15) is 5.75 Å². The molecule has 0 heterocycles. The van der Waals surface area contributed by atoms with E-state index in [2.05, 4.69) is 5.32 Å².